The molecular formula is H50Cl50Zn100+200. The molecule has 0 aliphatic heterocycles. The summed E-state index contributed by atoms with van der Waals surface area (Å²) in [5.74, 6) is 0. The molecule has 0 fully saturated rings. The maximum atomic E-state index is 0. The molecule has 0 radical (unpaired) electrons. The number of halogens is 50. The molecule has 0 heterocycles. The van der Waals surface area contributed by atoms with Crippen LogP contribution in [0.3, 0.4) is 0 Å². The summed E-state index contributed by atoms with van der Waals surface area (Å²) in [6, 6.07) is 0. The van der Waals surface area contributed by atoms with Crippen LogP contribution in [0.1, 0.15) is 0 Å². The van der Waals surface area contributed by atoms with Gasteiger partial charge in [-0.25, -0.2) is 0 Å². The molecule has 0 aromatic heterocycles. The van der Waals surface area contributed by atoms with Crippen LogP contribution in [0.4, 0.5) is 0 Å². The topological polar surface area (TPSA) is 0 Å². The Labute approximate surface area is 2500 Å². The van der Waals surface area contributed by atoms with Crippen molar-refractivity contribution in [2.75, 3.05) is 0 Å². The molecule has 0 aliphatic rings. The van der Waals surface area contributed by atoms with Gasteiger partial charge in [-0.2, -0.15) is 0 Å². The zero-order chi connectivity index (χ0) is 0. The first-order valence-corrected chi connectivity index (χ1v) is 0. The summed E-state index contributed by atoms with van der Waals surface area (Å²) >= 11 is 0. The second-order valence-corrected chi connectivity index (χ2v) is 0. The second-order valence-electron chi connectivity index (χ2n) is 0. The molecule has 0 rings (SSSR count). The van der Waals surface area contributed by atoms with E-state index in [0.29, 0.717) is 0 Å². The van der Waals surface area contributed by atoms with Crippen LogP contribution in [0.2, 0.25) is 0 Å². The molecule has 0 saturated carbocycles. The van der Waals surface area contributed by atoms with Gasteiger partial charge >= 0.3 is 1950 Å². The Bertz CT molecular complexity index is 138. The SMILES string of the molecule is Cl.Cl.Cl.Cl.Cl.Cl.Cl.Cl.Cl.Cl.Cl.Cl.Cl.Cl.Cl.Cl.Cl.Cl.Cl.Cl.Cl.Cl.Cl.Cl.Cl.Cl.Cl.Cl.Cl.Cl.Cl.Cl.Cl.Cl.Cl.Cl.Cl.Cl.Cl.Cl.Cl.Cl.Cl.Cl.Cl.Cl.Cl.Cl.Cl.Cl.[Zn+2].[Zn+2].[Zn+2].[Zn+2].[Zn+2].[Zn+2].[Zn+2].[Zn+2].[Zn+2].[Zn+2].[Zn+2].[Zn+2].[Zn+2].[Zn+2].[Zn+2].[Zn+2].[Zn+2].[Zn+2].[Zn+2].[Zn+2].[Zn+2].[Zn+2].[Zn+2].[Zn+2].[Zn+2].[Zn+2].[Zn+2].[Zn+2].[Zn+2].[Zn+2].[Zn+2].[Zn+2].[Zn+2].[Zn+2].[Zn+2].[Zn+2].[Zn+2].[Zn+2].[Zn+2].[Zn+2].[Zn+2].[Zn+2].[Zn+2].[Zn+2].[Zn+2].[Zn+2].[Zn+2].[Zn+2].[Zn+2].[Zn+2].[Zn+2].[Zn+2].[Zn+2].[Zn+2].[Zn+2].[Zn+2].[Zn+2].[Zn+2].[Zn+2].[Zn+2].[Zn+2].[Zn+2].[Zn+2].[Zn+2].[Zn+2].[Zn+2].[Zn+2].[Zn+2].[Zn+2].[Zn+2].[Zn+2].[Zn+2].[Zn+2].[Zn+2].[Zn+2].[Zn+2].[Zn+2].[Zn+2].[Zn+2].[Zn+2].[Zn+2].[Zn+2].[Zn+2].[Zn+2].[Zn+2].[Zn+2].[Zn+2].[Zn+2].[Zn+2].[Zn+2].[Zn+2].[Zn+2].[Zn+2].[Zn+2].[Zn+2].[Zn+2].[Zn+2].[Zn+2].[Zn+2].[Zn+2]. The summed E-state index contributed by atoms with van der Waals surface area (Å²) in [5, 5.41) is 0. The number of hydrogen-bond donors (Lipinski definition) is 0. The van der Waals surface area contributed by atoms with Crippen molar-refractivity contribution in [2.24, 2.45) is 0 Å². The maximum Gasteiger partial charge on any atom is 2.00 e. The van der Waals surface area contributed by atoms with Crippen LogP contribution in [0.15, 0.2) is 0 Å². The van der Waals surface area contributed by atoms with E-state index in [0.717, 1.165) is 0 Å². The molecule has 150 heteroatoms. The zero-order valence-corrected chi connectivity index (χ0v) is 429. The van der Waals surface area contributed by atoms with E-state index in [1.165, 1.54) is 0 Å². The Kier molecular flexibility index (Phi) is 25300. The fourth-order valence-corrected chi connectivity index (χ4v) is 0. The fraction of sp³-hybridized carbons (Fsp3) is 0. The minimum Gasteiger partial charge on any atom is -0.147 e. The van der Waals surface area contributed by atoms with Gasteiger partial charge in [-0.3, -0.25) is 0 Å². The summed E-state index contributed by atoms with van der Waals surface area (Å²) in [6.07, 6.45) is 0. The van der Waals surface area contributed by atoms with Crippen LogP contribution in [0, 0.1) is 0 Å². The summed E-state index contributed by atoms with van der Waals surface area (Å²) in [6.45, 7) is 0. The summed E-state index contributed by atoms with van der Waals surface area (Å²) in [7, 11) is 0. The molecule has 0 atom stereocenters. The molecule has 0 unspecified atom stereocenters. The molecule has 0 N–H and O–H groups in total. The zero-order valence-electron chi connectivity index (χ0n) is 91.1. The Morgan fingerprint density at radius 1 is 0.0133 bits per heavy atom. The van der Waals surface area contributed by atoms with Gasteiger partial charge in [0.15, 0.2) is 0 Å². The minimum atomic E-state index is 0. The molecule has 0 spiro atoms. The van der Waals surface area contributed by atoms with E-state index in [9.17, 15) is 0 Å². The van der Waals surface area contributed by atoms with Crippen molar-refractivity contribution >= 4 is 620 Å². The average Bonchev–Trinajstić information content (AvgIpc) is 0. The predicted molar refractivity (Wildman–Crippen MR) is 362 cm³/mol. The van der Waals surface area contributed by atoms with Crippen molar-refractivity contribution < 1.29 is 1950 Å². The Balaban J connectivity index is 0. The molecular weight excluding hydrogens is 8310 g/mol. The van der Waals surface area contributed by atoms with Crippen molar-refractivity contribution in [3.8, 4) is 0 Å². The average molecular weight is 8360 g/mol. The number of hydrogen-bond acceptors (Lipinski definition) is 0. The molecule has 0 aliphatic carbocycles. The predicted octanol–water partition coefficient (Wildman–Crippen LogP) is 20.8. The third-order valence-electron chi connectivity index (χ3n) is 0. The molecule has 0 saturated heterocycles. The van der Waals surface area contributed by atoms with Gasteiger partial charge in [-0.05, 0) is 0 Å². The molecule has 0 aromatic rings. The normalized spacial score (nSPS) is 0. The van der Waals surface area contributed by atoms with Crippen LogP contribution in [0.25, 0.3) is 0 Å². The van der Waals surface area contributed by atoms with Crippen LogP contribution in [0.5, 0.6) is 0 Å². The van der Waals surface area contributed by atoms with Gasteiger partial charge in [0.2, 0.25) is 0 Å². The van der Waals surface area contributed by atoms with Gasteiger partial charge in [-0.15, -0.1) is 620 Å². The smallest absolute Gasteiger partial charge is 0.147 e. The van der Waals surface area contributed by atoms with Gasteiger partial charge in [0.25, 0.3) is 0 Å². The van der Waals surface area contributed by atoms with Crippen LogP contribution >= 0.6 is 620 Å². The van der Waals surface area contributed by atoms with E-state index < -0.39 is 0 Å². The van der Waals surface area contributed by atoms with Crippen LogP contribution in [-0.4, -0.2) is 0 Å². The summed E-state index contributed by atoms with van der Waals surface area (Å²) in [4.78, 5) is 0. The first kappa shape index (κ1) is 1960. The van der Waals surface area contributed by atoms with Gasteiger partial charge in [0, 0.05) is 0 Å². The number of rotatable bonds is 0. The fourth-order valence-electron chi connectivity index (χ4n) is 0. The molecule has 0 nitrogen and oxygen atoms in total. The standard InChI is InChI=1S/50ClH.100Zn/h50*1H;;;;;;;;;;;;;;;;;;;;;;;;;;;;;;;;;;;;;;;;;;;;;;;;;;;;;;;;;;;;;;;;;;;;;;;;;;;;;;;;;;;;;;;;;;;;;;;;;;;;/q;;;;;;;;;;;;;;;;;;;;;;;;;;;;;;;;;;;;;;;;;;;;;;;;;;100*+2. The maximum absolute atomic E-state index is 0. The molecule has 400 valence electrons. The molecule has 0 amide bonds. The Morgan fingerprint density at radius 2 is 0.0133 bits per heavy atom. The van der Waals surface area contributed by atoms with Gasteiger partial charge < -0.3 is 0 Å². The first-order valence-electron chi connectivity index (χ1n) is 0. The van der Waals surface area contributed by atoms with Crippen molar-refractivity contribution in [1.82, 2.24) is 0 Å². The van der Waals surface area contributed by atoms with E-state index in [4.69, 9.17) is 0 Å². The Morgan fingerprint density at radius 3 is 0.0133 bits per heavy atom. The van der Waals surface area contributed by atoms with Gasteiger partial charge in [-0.1, -0.05) is 0 Å². The van der Waals surface area contributed by atoms with E-state index in [1.54, 1.807) is 0 Å². The van der Waals surface area contributed by atoms with Crippen molar-refractivity contribution in [3.63, 3.8) is 0 Å². The van der Waals surface area contributed by atoms with Crippen molar-refractivity contribution in [1.29, 1.82) is 0 Å². The van der Waals surface area contributed by atoms with Gasteiger partial charge in [0.1, 0.15) is 0 Å². The Hall–Kier alpha value is 76.8. The molecule has 0 aromatic carbocycles. The molecule has 150 heavy (non-hydrogen) atoms. The monoisotopic (exact) mass is 8190 g/mol. The summed E-state index contributed by atoms with van der Waals surface area (Å²) in [5.41, 5.74) is 0. The third-order valence-corrected chi connectivity index (χ3v) is 0. The van der Waals surface area contributed by atoms with E-state index in [-0.39, 0.29) is 2570 Å². The van der Waals surface area contributed by atoms with Crippen molar-refractivity contribution in [2.45, 2.75) is 0 Å². The summed E-state index contributed by atoms with van der Waals surface area (Å²) < 4.78 is 0. The molecule has 0 bridgehead atoms. The third kappa shape index (κ3) is 1910. The van der Waals surface area contributed by atoms with Crippen LogP contribution in [-0.2, 0) is 1950 Å². The van der Waals surface area contributed by atoms with E-state index in [2.05, 4.69) is 0 Å². The van der Waals surface area contributed by atoms with Crippen LogP contribution < -0.4 is 0 Å². The van der Waals surface area contributed by atoms with E-state index in [1.807, 2.05) is 0 Å². The first-order chi connectivity index (χ1) is 0. The largest absolute Gasteiger partial charge is 2.00 e. The van der Waals surface area contributed by atoms with Gasteiger partial charge in [0.05, 0.1) is 0 Å². The quantitative estimate of drug-likeness (QED) is 0.212. The minimum absolute atomic E-state index is 0. The second kappa shape index (κ2) is 1930. The van der Waals surface area contributed by atoms with Crippen molar-refractivity contribution in [3.05, 3.63) is 0 Å². The van der Waals surface area contributed by atoms with E-state index >= 15 is 0 Å².